The number of allylic oxidation sites excluding steroid dienone is 6. The van der Waals surface area contributed by atoms with Crippen LogP contribution in [-0.4, -0.2) is 138 Å². The Morgan fingerprint density at radius 1 is 0.934 bits per heavy atom. The summed E-state index contributed by atoms with van der Waals surface area (Å²) >= 11 is 1.40. The molecule has 16 nitrogen and oxygen atoms in total. The number of piperidine rings is 1. The van der Waals surface area contributed by atoms with Gasteiger partial charge in [0.15, 0.2) is 11.3 Å². The highest BCUT2D eigenvalue weighted by Crippen LogP contribution is 2.43. The molecule has 16 atom stereocenters. The lowest BCUT2D eigenvalue weighted by Crippen LogP contribution is -2.59. The predicted octanol–water partition coefficient (Wildman–Crippen LogP) is 7.58. The zero-order chi connectivity index (χ0) is 55.6. The summed E-state index contributed by atoms with van der Waals surface area (Å²) in [7, 11) is 4.71. The van der Waals surface area contributed by atoms with Crippen LogP contribution < -0.4 is 10.4 Å². The smallest absolute Gasteiger partial charge is 0.311 e. The van der Waals surface area contributed by atoms with Crippen molar-refractivity contribution in [3.63, 3.8) is 0 Å². The van der Waals surface area contributed by atoms with E-state index in [1.54, 1.807) is 58.9 Å². The first-order valence-corrected chi connectivity index (χ1v) is 28.2. The lowest BCUT2D eigenvalue weighted by molar-refractivity contribution is -0.265. The average molecular weight is 1080 g/mol. The Labute approximate surface area is 453 Å². The van der Waals surface area contributed by atoms with Gasteiger partial charge in [0.05, 0.1) is 29.9 Å². The maximum atomic E-state index is 14.7. The van der Waals surface area contributed by atoms with Gasteiger partial charge in [-0.2, -0.15) is 5.48 Å². The Kier molecular flexibility index (Phi) is 22.2. The summed E-state index contributed by atoms with van der Waals surface area (Å²) in [5.74, 6) is -9.14. The number of fused-ring (bicyclic) bond motifs is 5. The number of anilines is 1. The van der Waals surface area contributed by atoms with Gasteiger partial charge in [0.2, 0.25) is 5.79 Å². The number of hydrogen-bond acceptors (Lipinski definition) is 16. The number of ketones is 3. The molecule has 5 aliphatic rings. The molecule has 0 radical (unpaired) electrons. The third-order valence-corrected chi connectivity index (χ3v) is 17.6. The number of methoxy groups -OCH3 is 2. The van der Waals surface area contributed by atoms with Crippen molar-refractivity contribution in [2.75, 3.05) is 39.3 Å². The monoisotopic (exact) mass is 1080 g/mol. The van der Waals surface area contributed by atoms with Gasteiger partial charge in [-0.25, -0.2) is 4.39 Å². The number of Topliss-reactive ketones (excluding diaryl/α,β-unsaturated/α-hetero) is 3. The van der Waals surface area contributed by atoms with Gasteiger partial charge in [0.1, 0.15) is 36.0 Å². The minimum Gasteiger partial charge on any atom is -0.461 e. The molecular weight excluding hydrogens is 998 g/mol. The molecule has 1 unspecified atom stereocenters. The molecular formula is C58H84FN3O13S. The van der Waals surface area contributed by atoms with E-state index in [-0.39, 0.29) is 54.6 Å². The Hall–Kier alpha value is -4.11. The number of halogens is 1. The van der Waals surface area contributed by atoms with E-state index in [9.17, 15) is 43.7 Å². The molecule has 1 saturated carbocycles. The minimum atomic E-state index is -2.40. The van der Waals surface area contributed by atoms with E-state index in [2.05, 4.69) is 5.48 Å². The number of aliphatic hydroxyl groups is 3. The number of benzene rings is 1. The van der Waals surface area contributed by atoms with Crippen molar-refractivity contribution < 1.29 is 67.5 Å². The first-order valence-electron chi connectivity index (χ1n) is 27.3. The van der Waals surface area contributed by atoms with Crippen LogP contribution in [0.1, 0.15) is 119 Å². The first-order chi connectivity index (χ1) is 36.1. The second-order valence-electron chi connectivity index (χ2n) is 22.3. The molecule has 1 aromatic rings. The van der Waals surface area contributed by atoms with E-state index in [0.717, 1.165) is 10.5 Å². The Morgan fingerprint density at radius 3 is 2.39 bits per heavy atom. The highest BCUT2D eigenvalue weighted by molar-refractivity contribution is 8.00. The molecule has 4 aliphatic heterocycles. The zero-order valence-corrected chi connectivity index (χ0v) is 47.0. The number of hydrogen-bond donors (Lipinski definition) is 4. The summed E-state index contributed by atoms with van der Waals surface area (Å²) in [6.07, 6.45) is 9.62. The van der Waals surface area contributed by atoms with Crippen molar-refractivity contribution in [2.24, 2.45) is 41.4 Å². The standard InChI is InChI=1S/C58H84FN3O13S/c1-33-16-12-11-13-17-34(2)46(71-9)30-42-23-21-39(7)58(70,74-42)54(67)55(68)62-25-15-18-41(32-62)56(69)73-47(31-45(64)35(3)27-38(6)52(66)53(72-10)51(65)37(5)26-33)36(4)28-40-22-24-44(63)48(29-40)75-60-57-61(8)50-43(59)19-14-20-49(50)76-57/h11-14,16-17,19-20,27,33,35-37,39-42,44,46-48,52-53,57,60,63,66,70H,15,18,21-26,28-32H2,1-10H3/b13-11+,16-12+,34-17+,38-27+/t33-,35-,36-,37-,39-,40+,41-,42+,44-,46+,47+,48-,52-,53+,57?,58-/m1/s1. The summed E-state index contributed by atoms with van der Waals surface area (Å²) in [5.41, 5.74) is 4.31. The highest BCUT2D eigenvalue weighted by atomic mass is 32.2. The summed E-state index contributed by atoms with van der Waals surface area (Å²) in [6, 6.07) is 4.90. The van der Waals surface area contributed by atoms with E-state index in [1.807, 2.05) is 57.2 Å². The lowest BCUT2D eigenvalue weighted by Gasteiger charge is -2.42. The quantitative estimate of drug-likeness (QED) is 0.0856. The number of ether oxygens (including phenoxy) is 4. The normalized spacial score (nSPS) is 38.0. The number of nitrogens with one attached hydrogen (secondary N) is 1. The lowest BCUT2D eigenvalue weighted by atomic mass is 9.78. The summed E-state index contributed by atoms with van der Waals surface area (Å²) in [6.45, 7) is 12.7. The van der Waals surface area contributed by atoms with Crippen molar-refractivity contribution in [3.8, 4) is 0 Å². The van der Waals surface area contributed by atoms with E-state index in [0.29, 0.717) is 75.5 Å². The molecule has 76 heavy (non-hydrogen) atoms. The van der Waals surface area contributed by atoms with Gasteiger partial charge >= 0.3 is 5.97 Å². The average Bonchev–Trinajstić information content (AvgIpc) is 3.74. The molecule has 0 aromatic heterocycles. The van der Waals surface area contributed by atoms with Crippen LogP contribution in [0.2, 0.25) is 0 Å². The van der Waals surface area contributed by atoms with Gasteiger partial charge < -0.3 is 44.1 Å². The number of aliphatic hydroxyl groups excluding tert-OH is 2. The SMILES string of the molecule is CO[C@H]1C[C@@H]2CC[C@@H](C)[C@@](O)(O2)C(=O)C(=O)N2CCC[C@H](C2)C(=O)O[C@H]([C@H](C)C[C@@H]2CC[C@@H](O)[C@H](ONC3Sc4cccc(F)c4N3C)C2)CC(=O)[C@H](C)/C=C(\C)[C@@H](O)[C@@H](OC)C(=O)[C@H](C)C[C@H](C)/C=C/C=C/C=C/1C. The molecule has 6 rings (SSSR count). The number of rotatable bonds is 8. The largest absolute Gasteiger partial charge is 0.461 e. The molecule has 2 saturated heterocycles. The number of thioether (sulfide) groups is 1. The number of esters is 1. The second kappa shape index (κ2) is 27.7. The maximum Gasteiger partial charge on any atom is 0.311 e. The van der Waals surface area contributed by atoms with E-state index >= 15 is 0 Å². The predicted molar refractivity (Wildman–Crippen MR) is 287 cm³/mol. The van der Waals surface area contributed by atoms with E-state index in [1.165, 1.54) is 29.8 Å². The van der Waals surface area contributed by atoms with Crippen LogP contribution in [0.15, 0.2) is 70.7 Å². The summed E-state index contributed by atoms with van der Waals surface area (Å²) < 4.78 is 38.6. The van der Waals surface area contributed by atoms with Crippen LogP contribution in [0, 0.1) is 47.2 Å². The van der Waals surface area contributed by atoms with Crippen LogP contribution in [0.3, 0.4) is 0 Å². The van der Waals surface area contributed by atoms with Crippen molar-refractivity contribution >= 4 is 46.7 Å². The van der Waals surface area contributed by atoms with E-state index in [4.69, 9.17) is 23.8 Å². The van der Waals surface area contributed by atoms with Crippen LogP contribution in [-0.2, 0) is 47.8 Å². The molecule has 422 valence electrons. The Balaban J connectivity index is 1.23. The van der Waals surface area contributed by atoms with E-state index < -0.39 is 95.3 Å². The molecule has 4 bridgehead atoms. The fourth-order valence-corrected chi connectivity index (χ4v) is 12.6. The number of carbonyl (C=O) groups is 5. The van der Waals surface area contributed by atoms with Gasteiger partial charge in [-0.3, -0.25) is 28.8 Å². The van der Waals surface area contributed by atoms with Crippen LogP contribution >= 0.6 is 11.8 Å². The number of carbonyl (C=O) groups excluding carboxylic acids is 5. The molecule has 4 N–H and O–H groups in total. The topological polar surface area (TPSA) is 211 Å². The summed E-state index contributed by atoms with van der Waals surface area (Å²) in [4.78, 5) is 80.6. The molecule has 1 aromatic carbocycles. The third kappa shape index (κ3) is 15.2. The van der Waals surface area contributed by atoms with Gasteiger partial charge in [0, 0.05) is 69.8 Å². The molecule has 4 heterocycles. The number of amides is 1. The number of nitrogens with zero attached hydrogens (tertiary/aromatic N) is 2. The van der Waals surface area contributed by atoms with Gasteiger partial charge in [-0.05, 0) is 113 Å². The van der Waals surface area contributed by atoms with Crippen molar-refractivity contribution in [1.82, 2.24) is 10.4 Å². The Morgan fingerprint density at radius 2 is 1.68 bits per heavy atom. The zero-order valence-electron chi connectivity index (χ0n) is 46.2. The van der Waals surface area contributed by atoms with Crippen LogP contribution in [0.5, 0.6) is 0 Å². The number of hydroxylamine groups is 1. The fourth-order valence-electron chi connectivity index (χ4n) is 11.5. The van der Waals surface area contributed by atoms with Gasteiger partial charge in [0.25, 0.3) is 11.7 Å². The van der Waals surface area contributed by atoms with Crippen molar-refractivity contribution in [3.05, 3.63) is 71.6 Å². The highest BCUT2D eigenvalue weighted by Gasteiger charge is 2.52. The van der Waals surface area contributed by atoms with Crippen LogP contribution in [0.4, 0.5) is 10.1 Å². The second-order valence-corrected chi connectivity index (χ2v) is 23.5. The molecule has 18 heteroatoms. The number of para-hydroxylation sites is 1. The Bertz CT molecular complexity index is 2330. The maximum absolute atomic E-state index is 14.7. The molecule has 3 fully saturated rings. The fraction of sp³-hybridized carbons (Fsp3) is 0.672. The van der Waals surface area contributed by atoms with Gasteiger partial charge in [-0.15, -0.1) is 0 Å². The van der Waals surface area contributed by atoms with Crippen molar-refractivity contribution in [2.45, 2.75) is 178 Å². The molecule has 1 amide bonds. The number of cyclic esters (lactones) is 1. The van der Waals surface area contributed by atoms with Gasteiger partial charge in [-0.1, -0.05) is 88.9 Å². The summed E-state index contributed by atoms with van der Waals surface area (Å²) in [5, 5.41) is 34.5. The van der Waals surface area contributed by atoms with Crippen LogP contribution in [0.25, 0.3) is 0 Å². The third-order valence-electron chi connectivity index (χ3n) is 16.4. The van der Waals surface area contributed by atoms with Crippen molar-refractivity contribution in [1.29, 1.82) is 0 Å². The minimum absolute atomic E-state index is 0.00333. The first kappa shape index (κ1) is 61.1. The molecule has 1 aliphatic carbocycles. The molecule has 0 spiro atoms.